The smallest absolute Gasteiger partial charge is 0.356 e. The fourth-order valence-electron chi connectivity index (χ4n) is 1.41. The fourth-order valence-corrected chi connectivity index (χ4v) is 1.41. The number of rotatable bonds is 4. The zero-order valence-corrected chi connectivity index (χ0v) is 10.5. The number of nitrogens with zero attached hydrogens (tertiary/aromatic N) is 3. The van der Waals surface area contributed by atoms with Gasteiger partial charge in [0.25, 0.3) is 0 Å². The first-order valence-corrected chi connectivity index (χ1v) is 5.58. The van der Waals surface area contributed by atoms with Gasteiger partial charge in [-0.15, -0.1) is 0 Å². The molecule has 2 aromatic heterocycles. The number of hydrogen-bond donors (Lipinski definition) is 3. The number of pyridine rings is 1. The molecule has 2 rings (SSSR count). The van der Waals surface area contributed by atoms with E-state index in [1.807, 2.05) is 0 Å². The lowest BCUT2D eigenvalue weighted by atomic mass is 10.3. The minimum atomic E-state index is -1.23. The Balaban J connectivity index is 1.96. The molecule has 0 spiro atoms. The summed E-state index contributed by atoms with van der Waals surface area (Å²) >= 11 is 0. The van der Waals surface area contributed by atoms with Crippen molar-refractivity contribution in [3.05, 3.63) is 35.7 Å². The third kappa shape index (κ3) is 3.28. The monoisotopic (exact) mass is 277 g/mol. The van der Waals surface area contributed by atoms with E-state index in [2.05, 4.69) is 25.8 Å². The molecule has 0 aliphatic heterocycles. The van der Waals surface area contributed by atoms with Gasteiger partial charge in [0, 0.05) is 6.20 Å². The van der Waals surface area contributed by atoms with Gasteiger partial charge < -0.3 is 20.3 Å². The van der Waals surface area contributed by atoms with Gasteiger partial charge in [0.05, 0.1) is 12.2 Å². The highest BCUT2D eigenvalue weighted by molar-refractivity contribution is 5.98. The Hall–Kier alpha value is -2.97. The summed E-state index contributed by atoms with van der Waals surface area (Å²) in [5, 5.41) is 17.3. The van der Waals surface area contributed by atoms with Gasteiger partial charge in [0.1, 0.15) is 0 Å². The molecule has 0 saturated carbocycles. The van der Waals surface area contributed by atoms with E-state index in [0.29, 0.717) is 5.82 Å². The molecule has 9 nitrogen and oxygen atoms in total. The number of aromatic carboxylic acids is 1. The average Bonchev–Trinajstić information content (AvgIpc) is 2.83. The van der Waals surface area contributed by atoms with E-state index in [1.54, 1.807) is 6.92 Å². The Morgan fingerprint density at radius 2 is 2.25 bits per heavy atom. The highest BCUT2D eigenvalue weighted by Gasteiger charge is 2.13. The first-order valence-electron chi connectivity index (χ1n) is 5.58. The van der Waals surface area contributed by atoms with Crippen LogP contribution in [0.3, 0.4) is 0 Å². The van der Waals surface area contributed by atoms with Crippen LogP contribution in [0.1, 0.15) is 22.2 Å². The Morgan fingerprint density at radius 1 is 1.45 bits per heavy atom. The van der Waals surface area contributed by atoms with Crippen LogP contribution in [-0.4, -0.2) is 32.2 Å². The zero-order valence-electron chi connectivity index (χ0n) is 10.5. The van der Waals surface area contributed by atoms with Gasteiger partial charge in [-0.1, -0.05) is 5.16 Å². The number of hydrogen-bond acceptors (Lipinski definition) is 6. The van der Waals surface area contributed by atoms with Crippen LogP contribution in [-0.2, 0) is 6.54 Å². The summed E-state index contributed by atoms with van der Waals surface area (Å²) in [6.07, 6.45) is 1.33. The van der Waals surface area contributed by atoms with Gasteiger partial charge in [0.15, 0.2) is 11.5 Å². The van der Waals surface area contributed by atoms with Crippen molar-refractivity contribution in [1.29, 1.82) is 0 Å². The van der Waals surface area contributed by atoms with Crippen molar-refractivity contribution in [3.8, 4) is 0 Å². The summed E-state index contributed by atoms with van der Waals surface area (Å²) in [7, 11) is 0. The summed E-state index contributed by atoms with van der Waals surface area (Å²) in [4.78, 5) is 30.1. The SMILES string of the molecule is Cc1noc(CNC(=O)Nc2cccnc2C(=O)O)n1. The van der Waals surface area contributed by atoms with E-state index in [9.17, 15) is 9.59 Å². The molecule has 3 N–H and O–H groups in total. The van der Waals surface area contributed by atoms with Crippen LogP contribution in [0.2, 0.25) is 0 Å². The molecule has 0 saturated heterocycles. The van der Waals surface area contributed by atoms with Crippen molar-refractivity contribution < 1.29 is 19.2 Å². The lowest BCUT2D eigenvalue weighted by Crippen LogP contribution is -2.29. The van der Waals surface area contributed by atoms with Crippen LogP contribution in [0.5, 0.6) is 0 Å². The normalized spacial score (nSPS) is 10.1. The van der Waals surface area contributed by atoms with Crippen molar-refractivity contribution in [2.24, 2.45) is 0 Å². The Bertz CT molecular complexity index is 639. The molecule has 0 aromatic carbocycles. The van der Waals surface area contributed by atoms with Crippen molar-refractivity contribution in [1.82, 2.24) is 20.4 Å². The molecule has 0 fully saturated rings. The topological polar surface area (TPSA) is 130 Å². The van der Waals surface area contributed by atoms with Crippen molar-refractivity contribution in [2.45, 2.75) is 13.5 Å². The number of carbonyl (C=O) groups is 2. The number of carboxylic acids is 1. The summed E-state index contributed by atoms with van der Waals surface area (Å²) < 4.78 is 4.82. The Kier molecular flexibility index (Phi) is 3.89. The van der Waals surface area contributed by atoms with Crippen molar-refractivity contribution >= 4 is 17.7 Å². The Morgan fingerprint density at radius 3 is 2.90 bits per heavy atom. The molecule has 2 heterocycles. The van der Waals surface area contributed by atoms with Crippen LogP contribution in [0.15, 0.2) is 22.9 Å². The molecule has 2 amide bonds. The number of amides is 2. The maximum Gasteiger partial charge on any atom is 0.356 e. The van der Waals surface area contributed by atoms with E-state index in [4.69, 9.17) is 9.63 Å². The van der Waals surface area contributed by atoms with Gasteiger partial charge in [-0.25, -0.2) is 14.6 Å². The number of nitrogens with one attached hydrogen (secondary N) is 2. The molecule has 0 aliphatic rings. The van der Waals surface area contributed by atoms with E-state index in [1.165, 1.54) is 18.3 Å². The van der Waals surface area contributed by atoms with E-state index in [-0.39, 0.29) is 23.8 Å². The number of anilines is 1. The first-order chi connectivity index (χ1) is 9.56. The zero-order chi connectivity index (χ0) is 14.5. The standard InChI is InChI=1S/C11H11N5O4/c1-6-14-8(20-16-6)5-13-11(19)15-7-3-2-4-12-9(7)10(17)18/h2-4H,5H2,1H3,(H,17,18)(H2,13,15,19). The molecule has 0 atom stereocenters. The second-order valence-electron chi connectivity index (χ2n) is 3.75. The van der Waals surface area contributed by atoms with Crippen LogP contribution in [0, 0.1) is 6.92 Å². The molecular formula is C11H11N5O4. The third-order valence-corrected chi connectivity index (χ3v) is 2.23. The summed E-state index contributed by atoms with van der Waals surface area (Å²) in [6.45, 7) is 1.69. The summed E-state index contributed by atoms with van der Waals surface area (Å²) in [5.41, 5.74) is -0.143. The van der Waals surface area contributed by atoms with Gasteiger partial charge >= 0.3 is 12.0 Å². The first kappa shape index (κ1) is 13.5. The van der Waals surface area contributed by atoms with Gasteiger partial charge in [-0.2, -0.15) is 4.98 Å². The maximum absolute atomic E-state index is 11.6. The number of carbonyl (C=O) groups excluding carboxylic acids is 1. The van der Waals surface area contributed by atoms with Crippen LogP contribution in [0.4, 0.5) is 10.5 Å². The molecule has 20 heavy (non-hydrogen) atoms. The predicted molar refractivity (Wildman–Crippen MR) is 66.1 cm³/mol. The number of aromatic nitrogens is 3. The third-order valence-electron chi connectivity index (χ3n) is 2.23. The summed E-state index contributed by atoms with van der Waals surface area (Å²) in [5.74, 6) is -0.515. The second-order valence-corrected chi connectivity index (χ2v) is 3.75. The highest BCUT2D eigenvalue weighted by atomic mass is 16.5. The van der Waals surface area contributed by atoms with Gasteiger partial charge in [0.2, 0.25) is 5.89 Å². The maximum atomic E-state index is 11.6. The van der Waals surface area contributed by atoms with Gasteiger partial charge in [-0.05, 0) is 19.1 Å². The summed E-state index contributed by atoms with van der Waals surface area (Å²) in [6, 6.07) is 2.35. The van der Waals surface area contributed by atoms with Crippen LogP contribution < -0.4 is 10.6 Å². The molecule has 0 aliphatic carbocycles. The van der Waals surface area contributed by atoms with E-state index in [0.717, 1.165) is 0 Å². The molecule has 9 heteroatoms. The highest BCUT2D eigenvalue weighted by Crippen LogP contribution is 2.11. The molecule has 104 valence electrons. The lowest BCUT2D eigenvalue weighted by Gasteiger charge is -2.07. The Labute approximate surface area is 113 Å². The number of aryl methyl sites for hydroxylation is 1. The predicted octanol–water partition coefficient (Wildman–Crippen LogP) is 0.793. The molecule has 0 radical (unpaired) electrons. The van der Waals surface area contributed by atoms with E-state index < -0.39 is 12.0 Å². The number of urea groups is 1. The second kappa shape index (κ2) is 5.78. The lowest BCUT2D eigenvalue weighted by molar-refractivity contribution is 0.0691. The number of carboxylic acid groups (broad SMARTS) is 1. The minimum absolute atomic E-state index is 0.0370. The van der Waals surface area contributed by atoms with Crippen LogP contribution in [0.25, 0.3) is 0 Å². The quantitative estimate of drug-likeness (QED) is 0.753. The van der Waals surface area contributed by atoms with E-state index >= 15 is 0 Å². The van der Waals surface area contributed by atoms with Crippen LogP contribution >= 0.6 is 0 Å². The van der Waals surface area contributed by atoms with Gasteiger partial charge in [-0.3, -0.25) is 0 Å². The molecule has 2 aromatic rings. The average molecular weight is 277 g/mol. The molecule has 0 bridgehead atoms. The fraction of sp³-hybridized carbons (Fsp3) is 0.182. The minimum Gasteiger partial charge on any atom is -0.476 e. The van der Waals surface area contributed by atoms with Crippen molar-refractivity contribution in [2.75, 3.05) is 5.32 Å². The largest absolute Gasteiger partial charge is 0.476 e. The molecular weight excluding hydrogens is 266 g/mol. The van der Waals surface area contributed by atoms with Crippen molar-refractivity contribution in [3.63, 3.8) is 0 Å². The molecule has 0 unspecified atom stereocenters.